The Morgan fingerprint density at radius 2 is 1.66 bits per heavy atom. The number of anilines is 1. The topological polar surface area (TPSA) is 70.6 Å². The van der Waals surface area contributed by atoms with E-state index in [1.807, 2.05) is 0 Å². The van der Waals surface area contributed by atoms with Crippen LogP contribution in [0, 0.1) is 5.82 Å². The van der Waals surface area contributed by atoms with E-state index in [9.17, 15) is 14.0 Å². The number of benzene rings is 3. The highest BCUT2D eigenvalue weighted by Gasteiger charge is 2.15. The molecule has 0 radical (unpaired) electrons. The zero-order valence-electron chi connectivity index (χ0n) is 14.8. The van der Waals surface area contributed by atoms with Crippen LogP contribution in [0.2, 0.25) is 5.02 Å². The largest absolute Gasteiger partial charge is 0.321 e. The lowest BCUT2D eigenvalue weighted by Gasteiger charge is -2.11. The van der Waals surface area contributed by atoms with Crippen LogP contribution >= 0.6 is 27.5 Å². The van der Waals surface area contributed by atoms with Crippen LogP contribution in [-0.4, -0.2) is 18.0 Å². The van der Waals surface area contributed by atoms with Gasteiger partial charge in [-0.25, -0.2) is 9.82 Å². The summed E-state index contributed by atoms with van der Waals surface area (Å²) in [6.45, 7) is 0. The Morgan fingerprint density at radius 3 is 2.34 bits per heavy atom. The van der Waals surface area contributed by atoms with Crippen LogP contribution in [-0.2, 0) is 0 Å². The van der Waals surface area contributed by atoms with E-state index in [1.165, 1.54) is 30.5 Å². The van der Waals surface area contributed by atoms with Crippen LogP contribution in [0.25, 0.3) is 0 Å². The molecule has 3 aromatic rings. The highest BCUT2D eigenvalue weighted by Crippen LogP contribution is 2.22. The van der Waals surface area contributed by atoms with Gasteiger partial charge in [0.05, 0.1) is 17.5 Å². The fourth-order valence-corrected chi connectivity index (χ4v) is 2.87. The lowest BCUT2D eigenvalue weighted by Crippen LogP contribution is -2.21. The molecule has 0 aliphatic heterocycles. The molecule has 0 heterocycles. The number of halogens is 3. The summed E-state index contributed by atoms with van der Waals surface area (Å²) in [5.41, 5.74) is 3.95. The van der Waals surface area contributed by atoms with Gasteiger partial charge < -0.3 is 5.32 Å². The second-order valence-electron chi connectivity index (χ2n) is 5.90. The Bertz CT molecular complexity index is 1070. The third-order valence-electron chi connectivity index (χ3n) is 3.83. The summed E-state index contributed by atoms with van der Waals surface area (Å²) < 4.78 is 13.7. The molecule has 8 heteroatoms. The van der Waals surface area contributed by atoms with Gasteiger partial charge in [0.2, 0.25) is 0 Å². The second-order valence-corrected chi connectivity index (χ2v) is 7.25. The third kappa shape index (κ3) is 5.73. The highest BCUT2D eigenvalue weighted by molar-refractivity contribution is 9.10. The standard InChI is InChI=1S/C21H14BrClFN3O2/c22-15-5-10-19(26-20(28)14-3-8-17(24)9-4-14)18(11-15)21(29)27-25-12-13-1-6-16(23)7-2-13/h1-12H,(H,26,28)(H,27,29). The zero-order chi connectivity index (χ0) is 20.8. The maximum absolute atomic E-state index is 13.0. The minimum Gasteiger partial charge on any atom is -0.321 e. The van der Waals surface area contributed by atoms with E-state index < -0.39 is 17.6 Å². The first-order valence-corrected chi connectivity index (χ1v) is 9.55. The van der Waals surface area contributed by atoms with Crippen LogP contribution in [0.15, 0.2) is 76.3 Å². The SMILES string of the molecule is O=C(Nc1ccc(Br)cc1C(=O)NN=Cc1ccc(Cl)cc1)c1ccc(F)cc1. The van der Waals surface area contributed by atoms with Crippen molar-refractivity contribution in [2.24, 2.45) is 5.10 Å². The average Bonchev–Trinajstić information content (AvgIpc) is 2.71. The molecule has 0 bridgehead atoms. The predicted molar refractivity (Wildman–Crippen MR) is 115 cm³/mol. The summed E-state index contributed by atoms with van der Waals surface area (Å²) in [6.07, 6.45) is 1.48. The van der Waals surface area contributed by atoms with Crippen LogP contribution in [0.1, 0.15) is 26.3 Å². The fraction of sp³-hybridized carbons (Fsp3) is 0. The zero-order valence-corrected chi connectivity index (χ0v) is 17.2. The van der Waals surface area contributed by atoms with Crippen LogP contribution < -0.4 is 10.7 Å². The molecule has 0 aliphatic rings. The van der Waals surface area contributed by atoms with Crippen molar-refractivity contribution in [2.45, 2.75) is 0 Å². The molecular formula is C21H14BrClFN3O2. The van der Waals surface area contributed by atoms with Gasteiger partial charge in [-0.1, -0.05) is 39.7 Å². The monoisotopic (exact) mass is 473 g/mol. The van der Waals surface area contributed by atoms with Gasteiger partial charge in [0, 0.05) is 15.1 Å². The number of nitrogens with zero attached hydrogens (tertiary/aromatic N) is 1. The first-order chi connectivity index (χ1) is 13.9. The number of hydrazone groups is 1. The molecule has 0 aromatic heterocycles. The fourth-order valence-electron chi connectivity index (χ4n) is 2.38. The molecule has 3 rings (SSSR count). The van der Waals surface area contributed by atoms with E-state index >= 15 is 0 Å². The minimum atomic E-state index is -0.508. The molecular weight excluding hydrogens is 461 g/mol. The summed E-state index contributed by atoms with van der Waals surface area (Å²) in [4.78, 5) is 25.0. The molecule has 5 nitrogen and oxygen atoms in total. The molecule has 2 N–H and O–H groups in total. The molecule has 2 amide bonds. The number of nitrogens with one attached hydrogen (secondary N) is 2. The molecule has 3 aromatic carbocycles. The maximum atomic E-state index is 13.0. The highest BCUT2D eigenvalue weighted by atomic mass is 79.9. The van der Waals surface area contributed by atoms with Crippen LogP contribution in [0.3, 0.4) is 0 Å². The van der Waals surface area contributed by atoms with Gasteiger partial charge in [0.15, 0.2) is 0 Å². The van der Waals surface area contributed by atoms with Crippen molar-refractivity contribution in [3.05, 3.63) is 98.7 Å². The van der Waals surface area contributed by atoms with Gasteiger partial charge >= 0.3 is 0 Å². The number of rotatable bonds is 5. The van der Waals surface area contributed by atoms with Gasteiger partial charge in [-0.15, -0.1) is 0 Å². The van der Waals surface area contributed by atoms with E-state index in [0.717, 1.165) is 5.56 Å². The second kappa shape index (κ2) is 9.45. The first kappa shape index (κ1) is 20.7. The van der Waals surface area contributed by atoms with Crippen molar-refractivity contribution in [2.75, 3.05) is 5.32 Å². The summed E-state index contributed by atoms with van der Waals surface area (Å²) >= 11 is 9.14. The van der Waals surface area contributed by atoms with Crippen molar-refractivity contribution in [3.8, 4) is 0 Å². The summed E-state index contributed by atoms with van der Waals surface area (Å²) in [6, 6.07) is 16.9. The number of hydrogen-bond acceptors (Lipinski definition) is 3. The van der Waals surface area contributed by atoms with Crippen molar-refractivity contribution in [1.29, 1.82) is 0 Å². The molecule has 0 spiro atoms. The smallest absolute Gasteiger partial charge is 0.273 e. The normalized spacial score (nSPS) is 10.7. The molecule has 29 heavy (non-hydrogen) atoms. The average molecular weight is 475 g/mol. The van der Waals surface area contributed by atoms with E-state index in [4.69, 9.17) is 11.6 Å². The molecule has 146 valence electrons. The summed E-state index contributed by atoms with van der Waals surface area (Å²) in [5, 5.41) is 7.19. The van der Waals surface area contributed by atoms with Gasteiger partial charge in [0.1, 0.15) is 5.82 Å². The van der Waals surface area contributed by atoms with E-state index in [2.05, 4.69) is 31.8 Å². The van der Waals surface area contributed by atoms with Gasteiger partial charge in [-0.05, 0) is 60.2 Å². The van der Waals surface area contributed by atoms with Crippen LogP contribution in [0.4, 0.5) is 10.1 Å². The molecule has 0 saturated heterocycles. The minimum absolute atomic E-state index is 0.211. The molecule has 0 atom stereocenters. The van der Waals surface area contributed by atoms with Crippen LogP contribution in [0.5, 0.6) is 0 Å². The van der Waals surface area contributed by atoms with Gasteiger partial charge in [0.25, 0.3) is 11.8 Å². The number of amides is 2. The van der Waals surface area contributed by atoms with Gasteiger partial charge in [-0.3, -0.25) is 9.59 Å². The summed E-state index contributed by atoms with van der Waals surface area (Å²) in [7, 11) is 0. The quantitative estimate of drug-likeness (QED) is 0.391. The van der Waals surface area contributed by atoms with Crippen molar-refractivity contribution in [3.63, 3.8) is 0 Å². The third-order valence-corrected chi connectivity index (χ3v) is 4.58. The Hall–Kier alpha value is -3.03. The van der Waals surface area contributed by atoms with E-state index in [0.29, 0.717) is 15.2 Å². The number of hydrogen-bond donors (Lipinski definition) is 2. The summed E-state index contributed by atoms with van der Waals surface area (Å²) in [5.74, 6) is -1.42. The van der Waals surface area contributed by atoms with Gasteiger partial charge in [-0.2, -0.15) is 5.10 Å². The Labute approximate surface area is 179 Å². The van der Waals surface area contributed by atoms with E-state index in [-0.39, 0.29) is 11.1 Å². The van der Waals surface area contributed by atoms with Crippen molar-refractivity contribution >= 4 is 51.2 Å². The lowest BCUT2D eigenvalue weighted by atomic mass is 10.1. The first-order valence-electron chi connectivity index (χ1n) is 8.38. The van der Waals surface area contributed by atoms with Crippen molar-refractivity contribution in [1.82, 2.24) is 5.43 Å². The molecule has 0 unspecified atom stereocenters. The Kier molecular flexibility index (Phi) is 6.74. The number of carbonyl (C=O) groups excluding carboxylic acids is 2. The lowest BCUT2D eigenvalue weighted by molar-refractivity contribution is 0.0956. The molecule has 0 fully saturated rings. The maximum Gasteiger partial charge on any atom is 0.273 e. The van der Waals surface area contributed by atoms with Crippen molar-refractivity contribution < 1.29 is 14.0 Å². The predicted octanol–water partition coefficient (Wildman–Crippen LogP) is 5.26. The Balaban J connectivity index is 1.75. The molecule has 0 aliphatic carbocycles. The van der Waals surface area contributed by atoms with E-state index in [1.54, 1.807) is 42.5 Å². The Morgan fingerprint density at radius 1 is 0.966 bits per heavy atom. The number of carbonyl (C=O) groups is 2. The molecule has 0 saturated carbocycles.